The molecule has 1 aromatic heterocycles. The van der Waals surface area contributed by atoms with Gasteiger partial charge in [-0.05, 0) is 75.4 Å². The van der Waals surface area contributed by atoms with Crippen LogP contribution in [0.4, 0.5) is 8.78 Å². The Balaban J connectivity index is 0.000000805. The van der Waals surface area contributed by atoms with Crippen LogP contribution in [0.1, 0.15) is 90.1 Å². The molecule has 0 amide bonds. The van der Waals surface area contributed by atoms with Gasteiger partial charge in [-0.1, -0.05) is 70.4 Å². The summed E-state index contributed by atoms with van der Waals surface area (Å²) in [6.45, 7) is 13.8. The third-order valence-corrected chi connectivity index (χ3v) is 5.86. The van der Waals surface area contributed by atoms with Crippen molar-refractivity contribution in [3.8, 4) is 5.75 Å². The fourth-order valence-corrected chi connectivity index (χ4v) is 3.75. The quantitative estimate of drug-likeness (QED) is 0.195. The van der Waals surface area contributed by atoms with Crippen LogP contribution in [0, 0.1) is 12.3 Å². The fourth-order valence-electron chi connectivity index (χ4n) is 3.56. The van der Waals surface area contributed by atoms with Gasteiger partial charge in [0.05, 0.1) is 17.4 Å². The fraction of sp³-hybridized carbons (Fsp3) is 0.469. The molecule has 3 N–H and O–H groups in total. The zero-order valence-corrected chi connectivity index (χ0v) is 26.1. The summed E-state index contributed by atoms with van der Waals surface area (Å²) in [6, 6.07) is 6.88. The molecular weight excluding hydrogens is 530 g/mol. The van der Waals surface area contributed by atoms with Gasteiger partial charge in [0, 0.05) is 35.1 Å². The Morgan fingerprint density at radius 3 is 2.35 bits per heavy atom. The van der Waals surface area contributed by atoms with Gasteiger partial charge in [-0.25, -0.2) is 0 Å². The molecule has 0 bridgehead atoms. The molecule has 2 aromatic rings. The van der Waals surface area contributed by atoms with Crippen molar-refractivity contribution in [3.63, 3.8) is 0 Å². The van der Waals surface area contributed by atoms with Crippen LogP contribution in [0.15, 0.2) is 53.2 Å². The number of rotatable bonds is 12. The van der Waals surface area contributed by atoms with E-state index in [9.17, 15) is 8.78 Å². The molecule has 0 aliphatic carbocycles. The van der Waals surface area contributed by atoms with E-state index in [0.29, 0.717) is 17.2 Å². The van der Waals surface area contributed by atoms with E-state index in [-0.39, 0.29) is 18.3 Å². The lowest BCUT2D eigenvalue weighted by molar-refractivity contribution is -0.0504. The highest BCUT2D eigenvalue weighted by molar-refractivity contribution is 6.30. The average molecular weight is 577 g/mol. The minimum Gasteiger partial charge on any atom is -0.435 e. The molecule has 0 spiro atoms. The van der Waals surface area contributed by atoms with E-state index in [1.165, 1.54) is 11.6 Å². The maximum atomic E-state index is 12.0. The number of nitrogens with one attached hydrogen (secondary N) is 1. The van der Waals surface area contributed by atoms with Gasteiger partial charge in [0.15, 0.2) is 0 Å². The first-order chi connectivity index (χ1) is 19.1. The Morgan fingerprint density at radius 1 is 1.18 bits per heavy atom. The number of aliphatic imine (C=N–C) groups is 1. The van der Waals surface area contributed by atoms with Crippen molar-refractivity contribution >= 4 is 29.1 Å². The summed E-state index contributed by atoms with van der Waals surface area (Å²) >= 11 is 5.75. The highest BCUT2D eigenvalue weighted by Crippen LogP contribution is 2.25. The largest absolute Gasteiger partial charge is 0.435 e. The summed E-state index contributed by atoms with van der Waals surface area (Å²) in [5.41, 5.74) is 11.6. The summed E-state index contributed by atoms with van der Waals surface area (Å²) in [5, 5.41) is 8.43. The molecule has 0 aliphatic rings. The van der Waals surface area contributed by atoms with Crippen molar-refractivity contribution in [1.29, 1.82) is 5.41 Å². The van der Waals surface area contributed by atoms with Gasteiger partial charge in [0.25, 0.3) is 0 Å². The first-order valence-electron chi connectivity index (χ1n) is 13.9. The molecule has 5 nitrogen and oxygen atoms in total. The zero-order chi connectivity index (χ0) is 30.7. The van der Waals surface area contributed by atoms with Crippen LogP contribution in [0.25, 0.3) is 5.57 Å². The summed E-state index contributed by atoms with van der Waals surface area (Å²) in [5.74, 6) is 0.214. The number of hydrogen-bond donors (Lipinski definition) is 2. The van der Waals surface area contributed by atoms with Crippen LogP contribution in [-0.2, 0) is 6.42 Å². The van der Waals surface area contributed by atoms with Crippen molar-refractivity contribution in [3.05, 3.63) is 75.6 Å². The van der Waals surface area contributed by atoms with E-state index in [1.54, 1.807) is 18.3 Å². The summed E-state index contributed by atoms with van der Waals surface area (Å²) in [6.07, 6.45) is 11.5. The Hall–Kier alpha value is -2.90. The smallest absolute Gasteiger partial charge is 0.387 e. The van der Waals surface area contributed by atoms with Crippen molar-refractivity contribution in [2.45, 2.75) is 93.7 Å². The molecule has 0 fully saturated rings. The number of hydrogen-bond acceptors (Lipinski definition) is 5. The number of nitrogens with zero attached hydrogens (tertiary/aromatic N) is 2. The number of alkyl halides is 2. The Labute approximate surface area is 245 Å². The standard InChI is InChI=1S/C20H30N4.C10H11ClF2O.C2H6/c1-6-8-9-16(7-2)23-12-17(14(3)4)20-10-15(5)18(13-24-20)19(22)11-21;1-2-3-7-6-8(11)4-5-9(7)14-10(12)13;1-2/h8-10,12-13,16,22H,6-7,11,21H2,1-5H3;4-6,10H,2-3H2,1H3;1-2H3/b9-8-,22-19?,23-12?;;. The van der Waals surface area contributed by atoms with Crippen molar-refractivity contribution in [2.75, 3.05) is 6.54 Å². The minimum absolute atomic E-state index is 0.199. The molecule has 8 heteroatoms. The molecule has 0 radical (unpaired) electrons. The van der Waals surface area contributed by atoms with Gasteiger partial charge in [-0.3, -0.25) is 9.98 Å². The molecule has 0 saturated carbocycles. The van der Waals surface area contributed by atoms with E-state index in [1.807, 2.05) is 40.0 Å². The monoisotopic (exact) mass is 576 g/mol. The normalized spacial score (nSPS) is 11.5. The third kappa shape index (κ3) is 13.4. The van der Waals surface area contributed by atoms with Crippen molar-refractivity contribution in [2.24, 2.45) is 10.7 Å². The lowest BCUT2D eigenvalue weighted by Crippen LogP contribution is -2.15. The maximum Gasteiger partial charge on any atom is 0.387 e. The Kier molecular flexibility index (Phi) is 19.4. The molecule has 1 heterocycles. The predicted octanol–water partition coefficient (Wildman–Crippen LogP) is 9.25. The summed E-state index contributed by atoms with van der Waals surface area (Å²) in [7, 11) is 0. The lowest BCUT2D eigenvalue weighted by Gasteiger charge is -2.11. The second kappa shape index (κ2) is 20.9. The van der Waals surface area contributed by atoms with Crippen LogP contribution in [-0.4, -0.2) is 36.1 Å². The number of nitrogens with two attached hydrogens (primary N) is 1. The number of aryl methyl sites for hydroxylation is 2. The third-order valence-electron chi connectivity index (χ3n) is 5.62. The second-order valence-corrected chi connectivity index (χ2v) is 9.39. The molecule has 222 valence electrons. The van der Waals surface area contributed by atoms with Crippen LogP contribution >= 0.6 is 11.6 Å². The topological polar surface area (TPSA) is 84.4 Å². The molecule has 1 aromatic carbocycles. The average Bonchev–Trinajstić information content (AvgIpc) is 2.93. The highest BCUT2D eigenvalue weighted by Gasteiger charge is 2.10. The number of halogens is 3. The first kappa shape index (κ1) is 37.1. The Bertz CT molecular complexity index is 1130. The van der Waals surface area contributed by atoms with Gasteiger partial charge < -0.3 is 15.9 Å². The van der Waals surface area contributed by atoms with E-state index in [2.05, 4.69) is 49.6 Å². The highest BCUT2D eigenvalue weighted by atomic mass is 35.5. The van der Waals surface area contributed by atoms with E-state index in [0.717, 1.165) is 47.2 Å². The zero-order valence-electron chi connectivity index (χ0n) is 25.3. The van der Waals surface area contributed by atoms with Crippen molar-refractivity contribution in [1.82, 2.24) is 4.98 Å². The SMILES string of the molecule is CC.CC/C=C\C(CC)N=CC(=C(C)C)c1cc(C)c(C(=N)CN)cn1.CCCc1cc(Cl)ccc1OC(F)F. The van der Waals surface area contributed by atoms with Gasteiger partial charge in [0.1, 0.15) is 5.75 Å². The molecule has 0 aliphatic heterocycles. The molecule has 40 heavy (non-hydrogen) atoms. The summed E-state index contributed by atoms with van der Waals surface area (Å²) in [4.78, 5) is 9.24. The van der Waals surface area contributed by atoms with Gasteiger partial charge in [-0.15, -0.1) is 0 Å². The van der Waals surface area contributed by atoms with Gasteiger partial charge in [-0.2, -0.15) is 8.78 Å². The van der Waals surface area contributed by atoms with E-state index >= 15 is 0 Å². The van der Waals surface area contributed by atoms with E-state index in [4.69, 9.17) is 27.7 Å². The van der Waals surface area contributed by atoms with Crippen molar-refractivity contribution < 1.29 is 13.5 Å². The van der Waals surface area contributed by atoms with Crippen LogP contribution in [0.3, 0.4) is 0 Å². The maximum absolute atomic E-state index is 12.0. The number of benzene rings is 1. The number of ether oxygens (including phenoxy) is 1. The molecule has 1 atom stereocenters. The minimum atomic E-state index is -2.79. The Morgan fingerprint density at radius 2 is 1.85 bits per heavy atom. The molecular formula is C32H47ClF2N4O. The predicted molar refractivity (Wildman–Crippen MR) is 169 cm³/mol. The first-order valence-corrected chi connectivity index (χ1v) is 14.3. The lowest BCUT2D eigenvalue weighted by atomic mass is 10.0. The number of pyridine rings is 1. The van der Waals surface area contributed by atoms with E-state index < -0.39 is 6.61 Å². The van der Waals surface area contributed by atoms with Gasteiger partial charge in [0.2, 0.25) is 0 Å². The molecule has 0 saturated heterocycles. The van der Waals surface area contributed by atoms with Crippen LogP contribution in [0.2, 0.25) is 5.02 Å². The molecule has 2 rings (SSSR count). The van der Waals surface area contributed by atoms with Crippen LogP contribution in [0.5, 0.6) is 5.75 Å². The van der Waals surface area contributed by atoms with Crippen LogP contribution < -0.4 is 10.5 Å². The van der Waals surface area contributed by atoms with Gasteiger partial charge >= 0.3 is 6.61 Å². The number of aromatic nitrogens is 1. The summed E-state index contributed by atoms with van der Waals surface area (Å²) < 4.78 is 28.3. The number of allylic oxidation sites excluding steroid dienone is 3. The molecule has 1 unspecified atom stereocenters. The second-order valence-electron chi connectivity index (χ2n) is 8.95.